The third kappa shape index (κ3) is 4.20. The summed E-state index contributed by atoms with van der Waals surface area (Å²) in [5, 5.41) is 0. The molecule has 0 unspecified atom stereocenters. The van der Waals surface area contributed by atoms with Crippen LogP contribution in [-0.2, 0) is 4.79 Å². The predicted octanol–water partition coefficient (Wildman–Crippen LogP) is 4.25. The molecule has 1 aliphatic rings. The lowest BCUT2D eigenvalue weighted by molar-refractivity contribution is -0.126. The fourth-order valence-corrected chi connectivity index (χ4v) is 3.42. The molecule has 1 aromatic rings. The molecule has 1 saturated carbocycles. The largest absolute Gasteiger partial charge is 0.339 e. The van der Waals surface area contributed by atoms with Crippen LogP contribution in [-0.4, -0.2) is 23.9 Å². The Bertz CT molecular complexity index is 441. The van der Waals surface area contributed by atoms with Gasteiger partial charge in [0.1, 0.15) is 0 Å². The summed E-state index contributed by atoms with van der Waals surface area (Å²) in [5.74, 6) is 0.137. The van der Waals surface area contributed by atoms with E-state index in [1.165, 1.54) is 30.6 Å². The van der Waals surface area contributed by atoms with Crippen molar-refractivity contribution < 1.29 is 4.79 Å². The van der Waals surface area contributed by atoms with E-state index in [0.29, 0.717) is 6.04 Å². The van der Waals surface area contributed by atoms with Gasteiger partial charge in [-0.1, -0.05) is 25.7 Å². The van der Waals surface area contributed by atoms with E-state index in [1.54, 1.807) is 17.4 Å². The molecule has 2 nitrogen and oxygen atoms in total. The summed E-state index contributed by atoms with van der Waals surface area (Å²) in [6, 6.07) is 4.59. The van der Waals surface area contributed by atoms with E-state index in [-0.39, 0.29) is 5.91 Å². The van der Waals surface area contributed by atoms with Crippen LogP contribution < -0.4 is 0 Å². The Labute approximate surface area is 120 Å². The Kier molecular flexibility index (Phi) is 5.20. The topological polar surface area (TPSA) is 20.3 Å². The van der Waals surface area contributed by atoms with Gasteiger partial charge in [-0.15, -0.1) is 11.3 Å². The molecule has 3 heteroatoms. The Hall–Kier alpha value is -1.09. The number of amides is 1. The van der Waals surface area contributed by atoms with Crippen LogP contribution in [0.4, 0.5) is 0 Å². The number of hydrogen-bond acceptors (Lipinski definition) is 2. The van der Waals surface area contributed by atoms with Crippen molar-refractivity contribution in [3.8, 4) is 0 Å². The Morgan fingerprint density at radius 3 is 2.53 bits per heavy atom. The number of carbonyl (C=O) groups excluding carboxylic acids is 1. The summed E-state index contributed by atoms with van der Waals surface area (Å²) in [7, 11) is 1.95. The summed E-state index contributed by atoms with van der Waals surface area (Å²) < 4.78 is 0. The van der Waals surface area contributed by atoms with Gasteiger partial charge in [0, 0.05) is 28.9 Å². The van der Waals surface area contributed by atoms with E-state index in [0.717, 1.165) is 17.7 Å². The van der Waals surface area contributed by atoms with Crippen molar-refractivity contribution in [2.75, 3.05) is 7.05 Å². The molecule has 1 fully saturated rings. The highest BCUT2D eigenvalue weighted by Crippen LogP contribution is 2.21. The quantitative estimate of drug-likeness (QED) is 0.597. The van der Waals surface area contributed by atoms with Crippen molar-refractivity contribution in [1.82, 2.24) is 4.90 Å². The third-order valence-corrected chi connectivity index (χ3v) is 4.84. The van der Waals surface area contributed by atoms with Crippen LogP contribution >= 0.6 is 11.3 Å². The number of carbonyl (C=O) groups is 1. The number of hydrogen-bond donors (Lipinski definition) is 0. The minimum atomic E-state index is 0.137. The second kappa shape index (κ2) is 6.90. The van der Waals surface area contributed by atoms with Crippen LogP contribution in [0, 0.1) is 6.92 Å². The molecule has 0 aromatic carbocycles. The first-order chi connectivity index (χ1) is 9.16. The lowest BCUT2D eigenvalue weighted by atomic mass is 10.1. The normalized spacial score (nSPS) is 17.6. The van der Waals surface area contributed by atoms with Crippen LogP contribution in [0.15, 0.2) is 18.2 Å². The first-order valence-electron chi connectivity index (χ1n) is 7.18. The minimum Gasteiger partial charge on any atom is -0.339 e. The van der Waals surface area contributed by atoms with E-state index in [9.17, 15) is 4.79 Å². The molecule has 0 N–H and O–H groups in total. The van der Waals surface area contributed by atoms with Gasteiger partial charge in [0.05, 0.1) is 0 Å². The lowest BCUT2D eigenvalue weighted by Crippen LogP contribution is -2.35. The molecule has 0 spiro atoms. The van der Waals surface area contributed by atoms with Gasteiger partial charge < -0.3 is 4.90 Å². The molecule has 0 radical (unpaired) electrons. The molecule has 0 bridgehead atoms. The molecular formula is C16H23NOS. The monoisotopic (exact) mass is 277 g/mol. The van der Waals surface area contributed by atoms with Crippen LogP contribution in [0.1, 0.15) is 48.3 Å². The maximum atomic E-state index is 12.2. The van der Waals surface area contributed by atoms with Gasteiger partial charge in [0.2, 0.25) is 5.91 Å². The maximum Gasteiger partial charge on any atom is 0.246 e. The molecule has 0 aliphatic heterocycles. The molecule has 1 heterocycles. The van der Waals surface area contributed by atoms with Crippen molar-refractivity contribution >= 4 is 23.3 Å². The predicted molar refractivity (Wildman–Crippen MR) is 82.4 cm³/mol. The second-order valence-corrected chi connectivity index (χ2v) is 6.70. The summed E-state index contributed by atoms with van der Waals surface area (Å²) >= 11 is 1.72. The first-order valence-corrected chi connectivity index (χ1v) is 8.00. The number of thiophene rings is 1. The van der Waals surface area contributed by atoms with Crippen LogP contribution in [0.3, 0.4) is 0 Å². The van der Waals surface area contributed by atoms with E-state index in [4.69, 9.17) is 0 Å². The number of nitrogens with zero attached hydrogens (tertiary/aromatic N) is 1. The fourth-order valence-electron chi connectivity index (χ4n) is 2.64. The highest BCUT2D eigenvalue weighted by molar-refractivity contribution is 7.12. The molecule has 19 heavy (non-hydrogen) atoms. The molecule has 104 valence electrons. The van der Waals surface area contributed by atoms with Crippen LogP contribution in [0.25, 0.3) is 6.08 Å². The second-order valence-electron chi connectivity index (χ2n) is 5.38. The molecule has 0 atom stereocenters. The number of likely N-dealkylation sites (N-methyl/N-ethyl adjacent to an activating group) is 1. The van der Waals surface area contributed by atoms with E-state index in [2.05, 4.69) is 19.1 Å². The van der Waals surface area contributed by atoms with Gasteiger partial charge in [-0.2, -0.15) is 0 Å². The smallest absolute Gasteiger partial charge is 0.246 e. The maximum absolute atomic E-state index is 12.2. The molecule has 1 aliphatic carbocycles. The van der Waals surface area contributed by atoms with Crippen LogP contribution in [0.2, 0.25) is 0 Å². The highest BCUT2D eigenvalue weighted by atomic mass is 32.1. The standard InChI is InChI=1S/C16H23NOS/c1-13-9-10-15(19-13)11-12-16(18)17(2)14-7-5-3-4-6-8-14/h9-12,14H,3-8H2,1-2H3/b12-11+. The average Bonchev–Trinajstić information content (AvgIpc) is 2.67. The van der Waals surface area contributed by atoms with Crippen molar-refractivity contribution in [1.29, 1.82) is 0 Å². The molecule has 2 rings (SSSR count). The SMILES string of the molecule is Cc1ccc(/C=C/C(=O)N(C)C2CCCCCC2)s1. The molecule has 1 amide bonds. The molecule has 1 aromatic heterocycles. The van der Waals surface area contributed by atoms with Crippen LogP contribution in [0.5, 0.6) is 0 Å². The van der Waals surface area contributed by atoms with Crippen molar-refractivity contribution in [2.45, 2.75) is 51.5 Å². The average molecular weight is 277 g/mol. The summed E-state index contributed by atoms with van der Waals surface area (Å²) in [6.07, 6.45) is 11.1. The van der Waals surface area contributed by atoms with Crippen molar-refractivity contribution in [2.24, 2.45) is 0 Å². The zero-order valence-corrected chi connectivity index (χ0v) is 12.7. The third-order valence-electron chi connectivity index (χ3n) is 3.87. The summed E-state index contributed by atoms with van der Waals surface area (Å²) in [5.41, 5.74) is 0. The Morgan fingerprint density at radius 2 is 1.95 bits per heavy atom. The van der Waals surface area contributed by atoms with Gasteiger partial charge in [0.15, 0.2) is 0 Å². The Balaban J connectivity index is 1.92. The zero-order valence-electron chi connectivity index (χ0n) is 11.9. The van der Waals surface area contributed by atoms with Gasteiger partial charge in [0.25, 0.3) is 0 Å². The lowest BCUT2D eigenvalue weighted by Gasteiger charge is -2.26. The van der Waals surface area contributed by atoms with Crippen molar-refractivity contribution in [3.05, 3.63) is 28.0 Å². The van der Waals surface area contributed by atoms with Gasteiger partial charge >= 0.3 is 0 Å². The molecule has 0 saturated heterocycles. The van der Waals surface area contributed by atoms with Crippen molar-refractivity contribution in [3.63, 3.8) is 0 Å². The first kappa shape index (κ1) is 14.3. The summed E-state index contributed by atoms with van der Waals surface area (Å²) in [4.78, 5) is 16.5. The van der Waals surface area contributed by atoms with Gasteiger partial charge in [-0.25, -0.2) is 0 Å². The highest BCUT2D eigenvalue weighted by Gasteiger charge is 2.19. The number of aryl methyl sites for hydroxylation is 1. The minimum absolute atomic E-state index is 0.137. The number of rotatable bonds is 3. The van der Waals surface area contributed by atoms with E-state index < -0.39 is 0 Å². The van der Waals surface area contributed by atoms with E-state index in [1.807, 2.05) is 18.0 Å². The summed E-state index contributed by atoms with van der Waals surface area (Å²) in [6.45, 7) is 2.08. The van der Waals surface area contributed by atoms with Gasteiger partial charge in [-0.05, 0) is 38.0 Å². The molecular weight excluding hydrogens is 254 g/mol. The van der Waals surface area contributed by atoms with Gasteiger partial charge in [-0.3, -0.25) is 4.79 Å². The Morgan fingerprint density at radius 1 is 1.26 bits per heavy atom. The zero-order chi connectivity index (χ0) is 13.7. The van der Waals surface area contributed by atoms with E-state index >= 15 is 0 Å². The fraction of sp³-hybridized carbons (Fsp3) is 0.562.